The van der Waals surface area contributed by atoms with E-state index >= 15 is 0 Å². The Morgan fingerprint density at radius 3 is 2.53 bits per heavy atom. The molecule has 0 unspecified atom stereocenters. The van der Waals surface area contributed by atoms with Crippen LogP contribution in [0.4, 0.5) is 0 Å². The Hall–Kier alpha value is -2.93. The van der Waals surface area contributed by atoms with Crippen LogP contribution in [-0.2, 0) is 0 Å². The summed E-state index contributed by atoms with van der Waals surface area (Å²) in [7, 11) is 0. The van der Waals surface area contributed by atoms with Crippen molar-refractivity contribution in [1.82, 2.24) is 14.8 Å². The molecule has 0 aliphatic rings. The Balaban J connectivity index is 1.95. The third-order valence-corrected chi connectivity index (χ3v) is 2.81. The number of pyridine rings is 1. The number of nitriles is 1. The molecule has 3 aromatic rings. The Kier molecular flexibility index (Phi) is 2.79. The maximum atomic E-state index is 8.78. The number of benzene rings is 1. The van der Waals surface area contributed by atoms with Gasteiger partial charge in [-0.2, -0.15) is 10.4 Å². The number of hydrogen-bond donors (Lipinski definition) is 0. The molecule has 0 aliphatic heterocycles. The van der Waals surface area contributed by atoms with Crippen LogP contribution in [0.2, 0.25) is 0 Å². The molecule has 2 heterocycles. The van der Waals surface area contributed by atoms with Crippen LogP contribution in [0.1, 0.15) is 5.56 Å². The first kappa shape index (κ1) is 11.2. The highest BCUT2D eigenvalue weighted by atomic mass is 15.3. The fraction of sp³-hybridized carbons (Fsp3) is 0. The third-order valence-electron chi connectivity index (χ3n) is 2.81. The lowest BCUT2D eigenvalue weighted by molar-refractivity contribution is 0.847. The zero-order chi connectivity index (χ0) is 13.1. The van der Waals surface area contributed by atoms with Crippen molar-refractivity contribution in [2.45, 2.75) is 0 Å². The van der Waals surface area contributed by atoms with Crippen molar-refractivity contribution < 1.29 is 0 Å². The number of nitrogens with zero attached hydrogens (tertiary/aromatic N) is 4. The predicted molar refractivity (Wildman–Crippen MR) is 71.5 cm³/mol. The number of rotatable bonds is 2. The van der Waals surface area contributed by atoms with Crippen molar-refractivity contribution in [3.05, 3.63) is 66.6 Å². The summed E-state index contributed by atoms with van der Waals surface area (Å²) in [4.78, 5) is 4.24. The highest BCUT2D eigenvalue weighted by Crippen LogP contribution is 2.19. The van der Waals surface area contributed by atoms with E-state index in [9.17, 15) is 0 Å². The molecule has 0 atom stereocenters. The van der Waals surface area contributed by atoms with Gasteiger partial charge in [-0.1, -0.05) is 18.2 Å². The van der Waals surface area contributed by atoms with Gasteiger partial charge < -0.3 is 0 Å². The molecule has 4 heteroatoms. The highest BCUT2D eigenvalue weighted by molar-refractivity contribution is 5.63. The summed E-state index contributed by atoms with van der Waals surface area (Å²) in [6.07, 6.45) is 5.44. The summed E-state index contributed by atoms with van der Waals surface area (Å²) in [5.41, 5.74) is 2.68. The molecule has 0 saturated heterocycles. The van der Waals surface area contributed by atoms with E-state index in [0.717, 1.165) is 16.9 Å². The summed E-state index contributed by atoms with van der Waals surface area (Å²) < 4.78 is 1.73. The molecule has 19 heavy (non-hydrogen) atoms. The smallest absolute Gasteiger partial charge is 0.153 e. The summed E-state index contributed by atoms with van der Waals surface area (Å²) in [6.45, 7) is 0. The van der Waals surface area contributed by atoms with Gasteiger partial charge in [0, 0.05) is 18.0 Å². The van der Waals surface area contributed by atoms with Gasteiger partial charge in [-0.15, -0.1) is 0 Å². The quantitative estimate of drug-likeness (QED) is 0.698. The fourth-order valence-corrected chi connectivity index (χ4v) is 1.82. The Labute approximate surface area is 110 Å². The predicted octanol–water partition coefficient (Wildman–Crippen LogP) is 2.81. The lowest BCUT2D eigenvalue weighted by atomic mass is 10.1. The topological polar surface area (TPSA) is 54.5 Å². The van der Waals surface area contributed by atoms with Crippen LogP contribution in [0.5, 0.6) is 0 Å². The molecular formula is C15H10N4. The van der Waals surface area contributed by atoms with Gasteiger partial charge in [0.1, 0.15) is 0 Å². The van der Waals surface area contributed by atoms with Gasteiger partial charge in [0.05, 0.1) is 17.8 Å². The minimum absolute atomic E-state index is 0.654. The van der Waals surface area contributed by atoms with Gasteiger partial charge in [-0.25, -0.2) is 9.67 Å². The average molecular weight is 246 g/mol. The average Bonchev–Trinajstić information content (AvgIpc) is 2.98. The molecule has 0 spiro atoms. The van der Waals surface area contributed by atoms with E-state index in [1.54, 1.807) is 29.2 Å². The monoisotopic (exact) mass is 246 g/mol. The highest BCUT2D eigenvalue weighted by Gasteiger charge is 2.03. The maximum absolute atomic E-state index is 8.78. The maximum Gasteiger partial charge on any atom is 0.153 e. The van der Waals surface area contributed by atoms with E-state index in [4.69, 9.17) is 5.26 Å². The Morgan fingerprint density at radius 1 is 1.00 bits per heavy atom. The number of hydrogen-bond acceptors (Lipinski definition) is 3. The lowest BCUT2D eigenvalue weighted by Crippen LogP contribution is -1.95. The second kappa shape index (κ2) is 4.75. The molecule has 1 aromatic carbocycles. The van der Waals surface area contributed by atoms with E-state index in [-0.39, 0.29) is 0 Å². The molecule has 0 saturated carbocycles. The second-order valence-electron chi connectivity index (χ2n) is 4.05. The van der Waals surface area contributed by atoms with Crippen molar-refractivity contribution in [1.29, 1.82) is 5.26 Å². The zero-order valence-corrected chi connectivity index (χ0v) is 10.1. The molecule has 0 amide bonds. The van der Waals surface area contributed by atoms with E-state index in [1.807, 2.05) is 36.5 Å². The summed E-state index contributed by atoms with van der Waals surface area (Å²) >= 11 is 0. The molecule has 90 valence electrons. The minimum atomic E-state index is 0.654. The summed E-state index contributed by atoms with van der Waals surface area (Å²) in [5, 5.41) is 13.1. The largest absolute Gasteiger partial charge is 0.237 e. The first-order valence-corrected chi connectivity index (χ1v) is 5.83. The van der Waals surface area contributed by atoms with E-state index < -0.39 is 0 Å². The van der Waals surface area contributed by atoms with Gasteiger partial charge in [0.15, 0.2) is 5.82 Å². The normalized spacial score (nSPS) is 10.1. The second-order valence-corrected chi connectivity index (χ2v) is 4.05. The molecular weight excluding hydrogens is 236 g/mol. The molecule has 0 fully saturated rings. The van der Waals surface area contributed by atoms with Crippen LogP contribution in [0.15, 0.2) is 61.1 Å². The van der Waals surface area contributed by atoms with E-state index in [2.05, 4.69) is 16.2 Å². The van der Waals surface area contributed by atoms with Crippen molar-refractivity contribution in [3.8, 4) is 23.0 Å². The van der Waals surface area contributed by atoms with Gasteiger partial charge in [-0.3, -0.25) is 0 Å². The molecule has 4 nitrogen and oxygen atoms in total. The van der Waals surface area contributed by atoms with Crippen LogP contribution < -0.4 is 0 Å². The number of aromatic nitrogens is 3. The molecule has 3 rings (SSSR count). The Morgan fingerprint density at radius 2 is 1.84 bits per heavy atom. The first-order valence-electron chi connectivity index (χ1n) is 5.83. The molecule has 0 bridgehead atoms. The van der Waals surface area contributed by atoms with Crippen LogP contribution >= 0.6 is 0 Å². The summed E-state index contributed by atoms with van der Waals surface area (Å²) in [5.74, 6) is 0.780. The lowest BCUT2D eigenvalue weighted by Gasteiger charge is -1.98. The van der Waals surface area contributed by atoms with Crippen molar-refractivity contribution in [2.24, 2.45) is 0 Å². The zero-order valence-electron chi connectivity index (χ0n) is 10.1. The standard InChI is InChI=1S/C15H10N4/c16-9-12-4-6-13(7-5-12)14-10-18-19(11-14)15-3-1-2-8-17-15/h1-8,10-11H. The van der Waals surface area contributed by atoms with Crippen molar-refractivity contribution in [2.75, 3.05) is 0 Å². The van der Waals surface area contributed by atoms with Crippen molar-refractivity contribution >= 4 is 0 Å². The molecule has 0 N–H and O–H groups in total. The third kappa shape index (κ3) is 2.22. The van der Waals surface area contributed by atoms with Crippen LogP contribution in [0, 0.1) is 11.3 Å². The van der Waals surface area contributed by atoms with Gasteiger partial charge in [0.2, 0.25) is 0 Å². The molecule has 0 aliphatic carbocycles. The fourth-order valence-electron chi connectivity index (χ4n) is 1.82. The first-order chi connectivity index (χ1) is 9.36. The van der Waals surface area contributed by atoms with Crippen LogP contribution in [0.25, 0.3) is 16.9 Å². The van der Waals surface area contributed by atoms with Crippen LogP contribution in [0.3, 0.4) is 0 Å². The van der Waals surface area contributed by atoms with Crippen molar-refractivity contribution in [3.63, 3.8) is 0 Å². The van der Waals surface area contributed by atoms with Crippen LogP contribution in [-0.4, -0.2) is 14.8 Å². The van der Waals surface area contributed by atoms with Gasteiger partial charge in [0.25, 0.3) is 0 Å². The molecule has 0 radical (unpaired) electrons. The van der Waals surface area contributed by atoms with E-state index in [1.165, 1.54) is 0 Å². The minimum Gasteiger partial charge on any atom is -0.237 e. The van der Waals surface area contributed by atoms with Gasteiger partial charge >= 0.3 is 0 Å². The summed E-state index contributed by atoms with van der Waals surface area (Å²) in [6, 6.07) is 15.2. The van der Waals surface area contributed by atoms with E-state index in [0.29, 0.717) is 5.56 Å². The molecule has 2 aromatic heterocycles. The SMILES string of the molecule is N#Cc1ccc(-c2cnn(-c3ccccn3)c2)cc1. The Bertz CT molecular complexity index is 721. The van der Waals surface area contributed by atoms with Gasteiger partial charge in [-0.05, 0) is 29.8 Å².